The third kappa shape index (κ3) is 6.49. The SMILES string of the molecule is CS(=O)(=O)N1CCC(C(=O)NCc2ccc(OCC(F)(F)F)cc2)CC1. The number of hydrogen-bond donors (Lipinski definition) is 1. The first-order valence-electron chi connectivity index (χ1n) is 8.06. The molecule has 1 aromatic rings. The van der Waals surface area contributed by atoms with Crippen LogP contribution in [0.1, 0.15) is 18.4 Å². The molecule has 0 aromatic heterocycles. The van der Waals surface area contributed by atoms with E-state index in [0.29, 0.717) is 25.9 Å². The molecule has 1 saturated heterocycles. The number of halogens is 3. The van der Waals surface area contributed by atoms with Crippen LogP contribution in [-0.2, 0) is 21.4 Å². The molecule has 6 nitrogen and oxygen atoms in total. The normalized spacial score (nSPS) is 17.1. The maximum Gasteiger partial charge on any atom is 0.422 e. The molecule has 0 bridgehead atoms. The molecule has 0 aliphatic carbocycles. The molecule has 146 valence electrons. The van der Waals surface area contributed by atoms with Gasteiger partial charge in [0.25, 0.3) is 0 Å². The first kappa shape index (κ1) is 20.5. The van der Waals surface area contributed by atoms with Crippen LogP contribution in [0.25, 0.3) is 0 Å². The highest BCUT2D eigenvalue weighted by atomic mass is 32.2. The van der Waals surface area contributed by atoms with Gasteiger partial charge in [0.1, 0.15) is 5.75 Å². The second-order valence-corrected chi connectivity index (χ2v) is 8.18. The van der Waals surface area contributed by atoms with E-state index in [1.54, 1.807) is 12.1 Å². The predicted octanol–water partition coefficient (Wildman–Crippen LogP) is 1.92. The Labute approximate surface area is 150 Å². The monoisotopic (exact) mass is 394 g/mol. The zero-order valence-electron chi connectivity index (χ0n) is 14.3. The fourth-order valence-corrected chi connectivity index (χ4v) is 3.53. The van der Waals surface area contributed by atoms with E-state index in [1.807, 2.05) is 0 Å². The predicted molar refractivity (Wildman–Crippen MR) is 89.0 cm³/mol. The molecule has 1 aliphatic heterocycles. The van der Waals surface area contributed by atoms with E-state index < -0.39 is 22.8 Å². The summed E-state index contributed by atoms with van der Waals surface area (Å²) < 4.78 is 65.1. The molecule has 2 rings (SSSR count). The molecular formula is C16H21F3N2O4S. The van der Waals surface area contributed by atoms with E-state index in [1.165, 1.54) is 16.4 Å². The number of sulfonamides is 1. The van der Waals surface area contributed by atoms with Crippen molar-refractivity contribution in [3.05, 3.63) is 29.8 Å². The van der Waals surface area contributed by atoms with Crippen molar-refractivity contribution < 1.29 is 31.1 Å². The van der Waals surface area contributed by atoms with Crippen LogP contribution in [-0.4, -0.2) is 50.8 Å². The number of piperidine rings is 1. The number of ether oxygens (including phenoxy) is 1. The lowest BCUT2D eigenvalue weighted by Gasteiger charge is -2.29. The molecule has 0 saturated carbocycles. The van der Waals surface area contributed by atoms with Crippen molar-refractivity contribution >= 4 is 15.9 Å². The molecule has 10 heteroatoms. The van der Waals surface area contributed by atoms with E-state index in [0.717, 1.165) is 11.8 Å². The van der Waals surface area contributed by atoms with Gasteiger partial charge in [0.05, 0.1) is 6.26 Å². The summed E-state index contributed by atoms with van der Waals surface area (Å²) in [6.07, 6.45) is -2.32. The molecule has 1 amide bonds. The van der Waals surface area contributed by atoms with E-state index >= 15 is 0 Å². The average molecular weight is 394 g/mol. The summed E-state index contributed by atoms with van der Waals surface area (Å²) >= 11 is 0. The summed E-state index contributed by atoms with van der Waals surface area (Å²) in [5.74, 6) is -0.302. The van der Waals surface area contributed by atoms with E-state index in [9.17, 15) is 26.4 Å². The van der Waals surface area contributed by atoms with Gasteiger partial charge < -0.3 is 10.1 Å². The van der Waals surface area contributed by atoms with Gasteiger partial charge in [0.15, 0.2) is 6.61 Å². The standard InChI is InChI=1S/C16H21F3N2O4S/c1-26(23,24)21-8-6-13(7-9-21)15(22)20-10-12-2-4-14(5-3-12)25-11-16(17,18)19/h2-5,13H,6-11H2,1H3,(H,20,22). The first-order chi connectivity index (χ1) is 12.0. The van der Waals surface area contributed by atoms with Crippen LogP contribution in [0.3, 0.4) is 0 Å². The Morgan fingerprint density at radius 1 is 1.23 bits per heavy atom. The molecule has 1 fully saturated rings. The Morgan fingerprint density at radius 2 is 1.81 bits per heavy atom. The van der Waals surface area contributed by atoms with Crippen molar-refractivity contribution in [2.75, 3.05) is 26.0 Å². The number of rotatable bonds is 6. The van der Waals surface area contributed by atoms with Gasteiger partial charge in [-0.15, -0.1) is 0 Å². The number of alkyl halides is 3. The van der Waals surface area contributed by atoms with Gasteiger partial charge >= 0.3 is 6.18 Å². The van der Waals surface area contributed by atoms with E-state index in [-0.39, 0.29) is 24.1 Å². The van der Waals surface area contributed by atoms with Crippen LogP contribution in [0.5, 0.6) is 5.75 Å². The van der Waals surface area contributed by atoms with E-state index in [4.69, 9.17) is 0 Å². The number of nitrogens with one attached hydrogen (secondary N) is 1. The second-order valence-electron chi connectivity index (χ2n) is 6.20. The summed E-state index contributed by atoms with van der Waals surface area (Å²) in [5.41, 5.74) is 0.728. The Hall–Kier alpha value is -1.81. The number of carbonyl (C=O) groups excluding carboxylic acids is 1. The Kier molecular flexibility index (Phi) is 6.51. The molecule has 1 aliphatic rings. The third-order valence-electron chi connectivity index (χ3n) is 4.09. The number of amides is 1. The maximum absolute atomic E-state index is 12.2. The van der Waals surface area contributed by atoms with Crippen molar-refractivity contribution in [3.63, 3.8) is 0 Å². The zero-order valence-corrected chi connectivity index (χ0v) is 15.1. The van der Waals surface area contributed by atoms with Gasteiger partial charge in [-0.25, -0.2) is 12.7 Å². The van der Waals surface area contributed by atoms with Gasteiger partial charge in [-0.3, -0.25) is 4.79 Å². The molecular weight excluding hydrogens is 373 g/mol. The highest BCUT2D eigenvalue weighted by molar-refractivity contribution is 7.88. The fourth-order valence-electron chi connectivity index (χ4n) is 2.65. The summed E-state index contributed by atoms with van der Waals surface area (Å²) in [6, 6.07) is 5.99. The average Bonchev–Trinajstić information content (AvgIpc) is 2.57. The van der Waals surface area contributed by atoms with Crippen molar-refractivity contribution in [2.24, 2.45) is 5.92 Å². The summed E-state index contributed by atoms with van der Waals surface area (Å²) in [4.78, 5) is 12.2. The molecule has 26 heavy (non-hydrogen) atoms. The Bertz CT molecular complexity index is 712. The molecule has 0 spiro atoms. The van der Waals surface area contributed by atoms with Gasteiger partial charge in [-0.1, -0.05) is 12.1 Å². The number of nitrogens with zero attached hydrogens (tertiary/aromatic N) is 1. The van der Waals surface area contributed by atoms with E-state index in [2.05, 4.69) is 10.1 Å². The van der Waals surface area contributed by atoms with Crippen LogP contribution in [0.15, 0.2) is 24.3 Å². The van der Waals surface area contributed by atoms with Gasteiger partial charge in [-0.2, -0.15) is 13.2 Å². The quantitative estimate of drug-likeness (QED) is 0.800. The molecule has 0 unspecified atom stereocenters. The van der Waals surface area contributed by atoms with Crippen LogP contribution in [0.2, 0.25) is 0 Å². The van der Waals surface area contributed by atoms with Crippen molar-refractivity contribution in [2.45, 2.75) is 25.6 Å². The smallest absolute Gasteiger partial charge is 0.422 e. The maximum atomic E-state index is 12.2. The molecule has 0 radical (unpaired) electrons. The van der Waals surface area contributed by atoms with Crippen LogP contribution in [0.4, 0.5) is 13.2 Å². The topological polar surface area (TPSA) is 75.7 Å². The largest absolute Gasteiger partial charge is 0.484 e. The summed E-state index contributed by atoms with van der Waals surface area (Å²) in [5, 5.41) is 2.77. The Morgan fingerprint density at radius 3 is 2.31 bits per heavy atom. The second kappa shape index (κ2) is 8.26. The lowest BCUT2D eigenvalue weighted by molar-refractivity contribution is -0.153. The summed E-state index contributed by atoms with van der Waals surface area (Å²) in [7, 11) is -3.23. The van der Waals surface area contributed by atoms with Crippen molar-refractivity contribution in [1.82, 2.24) is 9.62 Å². The zero-order chi connectivity index (χ0) is 19.4. The van der Waals surface area contributed by atoms with Gasteiger partial charge in [0, 0.05) is 25.6 Å². The number of carbonyl (C=O) groups is 1. The first-order valence-corrected chi connectivity index (χ1v) is 9.91. The molecule has 0 atom stereocenters. The molecule has 1 N–H and O–H groups in total. The van der Waals surface area contributed by atoms with Crippen molar-refractivity contribution in [3.8, 4) is 5.75 Å². The third-order valence-corrected chi connectivity index (χ3v) is 5.39. The number of hydrogen-bond acceptors (Lipinski definition) is 4. The van der Waals surface area contributed by atoms with Crippen LogP contribution in [0, 0.1) is 5.92 Å². The Balaban J connectivity index is 1.77. The minimum absolute atomic E-state index is 0.102. The molecule has 1 heterocycles. The highest BCUT2D eigenvalue weighted by Gasteiger charge is 2.29. The van der Waals surface area contributed by atoms with Crippen LogP contribution >= 0.6 is 0 Å². The van der Waals surface area contributed by atoms with Crippen molar-refractivity contribution in [1.29, 1.82) is 0 Å². The molecule has 1 aromatic carbocycles. The fraction of sp³-hybridized carbons (Fsp3) is 0.562. The number of benzene rings is 1. The lowest BCUT2D eigenvalue weighted by atomic mass is 9.97. The minimum Gasteiger partial charge on any atom is -0.484 e. The minimum atomic E-state index is -4.39. The lowest BCUT2D eigenvalue weighted by Crippen LogP contribution is -2.42. The van der Waals surface area contributed by atoms with Gasteiger partial charge in [-0.05, 0) is 30.5 Å². The highest BCUT2D eigenvalue weighted by Crippen LogP contribution is 2.20. The summed E-state index contributed by atoms with van der Waals surface area (Å²) in [6.45, 7) is -0.468. The van der Waals surface area contributed by atoms with Crippen LogP contribution < -0.4 is 10.1 Å². The van der Waals surface area contributed by atoms with Gasteiger partial charge in [0.2, 0.25) is 15.9 Å².